The summed E-state index contributed by atoms with van der Waals surface area (Å²) in [4.78, 5) is 23.4. The maximum Gasteiger partial charge on any atom is 0.258 e. The van der Waals surface area contributed by atoms with Crippen LogP contribution in [0.3, 0.4) is 0 Å². The van der Waals surface area contributed by atoms with Crippen molar-refractivity contribution in [3.05, 3.63) is 52.2 Å². The fourth-order valence-electron chi connectivity index (χ4n) is 7.54. The third kappa shape index (κ3) is 3.77. The Kier molecular flexibility index (Phi) is 5.52. The molecule has 7 rings (SSSR count). The van der Waals surface area contributed by atoms with Gasteiger partial charge in [0.05, 0.1) is 28.9 Å². The molecule has 4 saturated carbocycles. The van der Waals surface area contributed by atoms with Crippen molar-refractivity contribution in [1.29, 1.82) is 0 Å². The Bertz CT molecular complexity index is 1070. The van der Waals surface area contributed by atoms with Gasteiger partial charge in [-0.05, 0) is 80.2 Å². The van der Waals surface area contributed by atoms with Crippen LogP contribution in [0.5, 0.6) is 0 Å². The van der Waals surface area contributed by atoms with E-state index in [1.807, 2.05) is 0 Å². The number of carbonyl (C=O) groups excluding carboxylic acids is 1. The number of halogens is 2. The van der Waals surface area contributed by atoms with Crippen molar-refractivity contribution in [2.45, 2.75) is 57.6 Å². The largest absolute Gasteiger partial charge is 0.391 e. The first-order valence-corrected chi connectivity index (χ1v) is 12.8. The molecule has 1 aromatic heterocycles. The number of fused-ring (bicyclic) bond motifs is 1. The lowest BCUT2D eigenvalue weighted by Crippen LogP contribution is -2.53. The average Bonchev–Trinajstić information content (AvgIpc) is 2.81. The molecule has 6 nitrogen and oxygen atoms in total. The predicted molar refractivity (Wildman–Crippen MR) is 127 cm³/mol. The van der Waals surface area contributed by atoms with Crippen molar-refractivity contribution < 1.29 is 14.3 Å². The summed E-state index contributed by atoms with van der Waals surface area (Å²) in [7, 11) is 0. The number of carbonyl (C=O) groups is 1. The van der Waals surface area contributed by atoms with Crippen molar-refractivity contribution in [1.82, 2.24) is 14.9 Å². The molecule has 1 amide bonds. The zero-order valence-corrected chi connectivity index (χ0v) is 19.9. The van der Waals surface area contributed by atoms with E-state index in [4.69, 9.17) is 11.6 Å². The summed E-state index contributed by atoms with van der Waals surface area (Å²) in [5, 5.41) is 14.8. The highest BCUT2D eigenvalue weighted by molar-refractivity contribution is 6.33. The van der Waals surface area contributed by atoms with Gasteiger partial charge in [0.1, 0.15) is 18.0 Å². The van der Waals surface area contributed by atoms with Crippen LogP contribution in [-0.2, 0) is 13.0 Å². The van der Waals surface area contributed by atoms with Crippen molar-refractivity contribution >= 4 is 23.3 Å². The molecule has 180 valence electrons. The quantitative estimate of drug-likeness (QED) is 0.655. The zero-order valence-electron chi connectivity index (χ0n) is 19.1. The number of amides is 1. The number of aliphatic hydroxyl groups excluding tert-OH is 1. The van der Waals surface area contributed by atoms with Gasteiger partial charge in [-0.25, -0.2) is 14.4 Å². The van der Waals surface area contributed by atoms with Crippen LogP contribution in [0.1, 0.15) is 60.1 Å². The van der Waals surface area contributed by atoms with Crippen molar-refractivity contribution in [2.24, 2.45) is 23.2 Å². The molecule has 2 aromatic rings. The van der Waals surface area contributed by atoms with E-state index in [9.17, 15) is 14.3 Å². The maximum absolute atomic E-state index is 14.3. The average molecular weight is 485 g/mol. The van der Waals surface area contributed by atoms with E-state index in [1.165, 1.54) is 43.8 Å². The Hall–Kier alpha value is -2.25. The van der Waals surface area contributed by atoms with E-state index in [0.29, 0.717) is 19.5 Å². The minimum atomic E-state index is -0.619. The maximum atomic E-state index is 14.3. The first kappa shape index (κ1) is 22.2. The van der Waals surface area contributed by atoms with Gasteiger partial charge in [0.25, 0.3) is 5.91 Å². The van der Waals surface area contributed by atoms with E-state index in [0.717, 1.165) is 54.1 Å². The Balaban J connectivity index is 1.15. The molecule has 34 heavy (non-hydrogen) atoms. The Morgan fingerprint density at radius 3 is 2.59 bits per heavy atom. The highest BCUT2D eigenvalue weighted by Crippen LogP contribution is 2.61. The molecule has 0 spiro atoms. The normalized spacial score (nSPS) is 30.2. The van der Waals surface area contributed by atoms with Gasteiger partial charge in [0.2, 0.25) is 0 Å². The third-order valence-electron chi connectivity index (χ3n) is 8.73. The highest BCUT2D eigenvalue weighted by Gasteiger charge is 2.53. The first-order valence-electron chi connectivity index (χ1n) is 12.4. The summed E-state index contributed by atoms with van der Waals surface area (Å²) >= 11 is 6.11. The van der Waals surface area contributed by atoms with Crippen LogP contribution in [-0.4, -0.2) is 45.1 Å². The van der Waals surface area contributed by atoms with Gasteiger partial charge >= 0.3 is 0 Å². The van der Waals surface area contributed by atoms with Gasteiger partial charge in [0.15, 0.2) is 0 Å². The third-order valence-corrected chi connectivity index (χ3v) is 9.04. The summed E-state index contributed by atoms with van der Waals surface area (Å²) in [6.07, 6.45) is 9.17. The van der Waals surface area contributed by atoms with E-state index in [2.05, 4.69) is 15.3 Å². The van der Waals surface area contributed by atoms with Gasteiger partial charge < -0.3 is 15.3 Å². The van der Waals surface area contributed by atoms with E-state index >= 15 is 0 Å². The zero-order chi connectivity index (χ0) is 23.4. The smallest absolute Gasteiger partial charge is 0.258 e. The molecule has 1 unspecified atom stereocenters. The molecular weight excluding hydrogens is 455 g/mol. The second-order valence-electron chi connectivity index (χ2n) is 10.9. The second-order valence-corrected chi connectivity index (χ2v) is 11.3. The molecular formula is C26H30ClFN4O2. The van der Waals surface area contributed by atoms with Crippen LogP contribution in [0.2, 0.25) is 5.02 Å². The molecule has 1 aliphatic heterocycles. The fraction of sp³-hybridized carbons (Fsp3) is 0.577. The Morgan fingerprint density at radius 1 is 1.21 bits per heavy atom. The van der Waals surface area contributed by atoms with Crippen molar-refractivity contribution in [3.63, 3.8) is 0 Å². The van der Waals surface area contributed by atoms with Crippen LogP contribution >= 0.6 is 11.6 Å². The molecule has 2 heterocycles. The number of rotatable bonds is 5. The topological polar surface area (TPSA) is 78.4 Å². The van der Waals surface area contributed by atoms with E-state index < -0.39 is 17.8 Å². The fourth-order valence-corrected chi connectivity index (χ4v) is 7.78. The molecule has 4 bridgehead atoms. The second kappa shape index (κ2) is 8.45. The van der Waals surface area contributed by atoms with Crippen LogP contribution in [0.15, 0.2) is 24.5 Å². The SMILES string of the molecule is O=C(c1c(F)cccc1Cl)N1CCc2c(ncnc2NCC(O)C23CC4CC(CC(C4)C2)C3)C1. The van der Waals surface area contributed by atoms with Gasteiger partial charge in [-0.15, -0.1) is 0 Å². The molecule has 0 saturated heterocycles. The summed E-state index contributed by atoms with van der Waals surface area (Å²) in [6.45, 7) is 1.17. The van der Waals surface area contributed by atoms with Crippen molar-refractivity contribution in [2.75, 3.05) is 18.4 Å². The number of nitrogens with one attached hydrogen (secondary N) is 1. The van der Waals surface area contributed by atoms with Crippen LogP contribution in [0.4, 0.5) is 10.2 Å². The lowest BCUT2D eigenvalue weighted by atomic mass is 9.48. The molecule has 8 heteroatoms. The molecule has 4 aliphatic carbocycles. The Labute approximate surface area is 203 Å². The minimum Gasteiger partial charge on any atom is -0.391 e. The summed E-state index contributed by atoms with van der Waals surface area (Å²) in [5.41, 5.74) is 1.66. The van der Waals surface area contributed by atoms with Crippen LogP contribution < -0.4 is 5.32 Å². The number of aromatic nitrogens is 2. The molecule has 1 atom stereocenters. The number of anilines is 1. The number of hydrogen-bond donors (Lipinski definition) is 2. The van der Waals surface area contributed by atoms with Gasteiger partial charge in [-0.3, -0.25) is 4.79 Å². The lowest BCUT2D eigenvalue weighted by Gasteiger charge is -2.58. The lowest BCUT2D eigenvalue weighted by molar-refractivity contribution is -0.115. The van der Waals surface area contributed by atoms with Crippen molar-refractivity contribution in [3.8, 4) is 0 Å². The van der Waals surface area contributed by atoms with Gasteiger partial charge in [-0.1, -0.05) is 17.7 Å². The number of nitrogens with zero attached hydrogens (tertiary/aromatic N) is 3. The van der Waals surface area contributed by atoms with Gasteiger partial charge in [0, 0.05) is 18.7 Å². The standard InChI is InChI=1S/C26H30ClFN4O2/c27-19-2-1-3-20(28)23(19)25(34)32-5-4-18-21(13-32)30-14-31-24(18)29-12-22(33)26-9-15-6-16(10-26)8-17(7-15)11-26/h1-3,14-17,22,33H,4-13H2,(H,29,30,31). The predicted octanol–water partition coefficient (Wildman–Crippen LogP) is 4.46. The number of hydrogen-bond acceptors (Lipinski definition) is 5. The summed E-state index contributed by atoms with van der Waals surface area (Å²) < 4.78 is 14.3. The molecule has 4 fully saturated rings. The van der Waals surface area contributed by atoms with Crippen LogP contribution in [0.25, 0.3) is 0 Å². The summed E-state index contributed by atoms with van der Waals surface area (Å²) in [6, 6.07) is 4.26. The summed E-state index contributed by atoms with van der Waals surface area (Å²) in [5.74, 6) is 2.05. The monoisotopic (exact) mass is 484 g/mol. The molecule has 2 N–H and O–H groups in total. The first-order chi connectivity index (χ1) is 16.4. The van der Waals surface area contributed by atoms with E-state index in [-0.39, 0.29) is 22.5 Å². The molecule has 5 aliphatic rings. The van der Waals surface area contributed by atoms with Crippen LogP contribution in [0, 0.1) is 29.0 Å². The minimum absolute atomic E-state index is 0.0527. The highest BCUT2D eigenvalue weighted by atomic mass is 35.5. The number of aliphatic hydroxyl groups is 1. The Morgan fingerprint density at radius 2 is 1.91 bits per heavy atom. The molecule has 1 aromatic carbocycles. The number of benzene rings is 1. The van der Waals surface area contributed by atoms with E-state index in [1.54, 1.807) is 4.90 Å². The van der Waals surface area contributed by atoms with Gasteiger partial charge in [-0.2, -0.15) is 0 Å². The molecule has 0 radical (unpaired) electrons.